The summed E-state index contributed by atoms with van der Waals surface area (Å²) in [5.74, 6) is -1.42. The van der Waals surface area contributed by atoms with Gasteiger partial charge in [0, 0.05) is 6.42 Å². The lowest BCUT2D eigenvalue weighted by Crippen LogP contribution is -2.45. The molecule has 6 heteroatoms. The van der Waals surface area contributed by atoms with Crippen LogP contribution in [-0.4, -0.2) is 28.2 Å². The summed E-state index contributed by atoms with van der Waals surface area (Å²) >= 11 is 0. The van der Waals surface area contributed by atoms with Crippen LogP contribution in [0.25, 0.3) is 0 Å². The van der Waals surface area contributed by atoms with Gasteiger partial charge in [-0.05, 0) is 17.7 Å². The van der Waals surface area contributed by atoms with E-state index in [0.29, 0.717) is 5.56 Å². The largest absolute Gasteiger partial charge is 0.508 e. The van der Waals surface area contributed by atoms with Gasteiger partial charge in [0.25, 0.3) is 0 Å². The maximum absolute atomic E-state index is 10.8. The van der Waals surface area contributed by atoms with Gasteiger partial charge in [-0.15, -0.1) is 0 Å². The fourth-order valence-electron chi connectivity index (χ4n) is 1.31. The quantitative estimate of drug-likeness (QED) is 0.360. The normalized spacial score (nSPS) is 11.8. The highest BCUT2D eigenvalue weighted by molar-refractivity contribution is 5.82. The molecule has 1 rings (SSSR count). The highest BCUT2D eigenvalue weighted by Gasteiger charge is 2.18. The number of nitrogens with two attached hydrogens (primary N) is 1. The second-order valence-electron chi connectivity index (χ2n) is 3.32. The smallest absolute Gasteiger partial charge is 0.326 e. The van der Waals surface area contributed by atoms with E-state index in [4.69, 9.17) is 16.2 Å². The van der Waals surface area contributed by atoms with Crippen molar-refractivity contribution < 1.29 is 15.0 Å². The molecule has 0 heterocycles. The molecule has 0 aromatic heterocycles. The molecule has 16 heavy (non-hydrogen) atoms. The highest BCUT2D eigenvalue weighted by atomic mass is 16.4. The van der Waals surface area contributed by atoms with Gasteiger partial charge in [-0.3, -0.25) is 5.41 Å². The van der Waals surface area contributed by atoms with Gasteiger partial charge in [0.2, 0.25) is 0 Å². The van der Waals surface area contributed by atoms with Crippen molar-refractivity contribution in [3.05, 3.63) is 29.8 Å². The number of rotatable bonds is 4. The first kappa shape index (κ1) is 11.8. The van der Waals surface area contributed by atoms with Gasteiger partial charge in [0.15, 0.2) is 5.96 Å². The van der Waals surface area contributed by atoms with Gasteiger partial charge in [0.05, 0.1) is 0 Å². The zero-order chi connectivity index (χ0) is 12.1. The van der Waals surface area contributed by atoms with E-state index in [-0.39, 0.29) is 12.2 Å². The first-order valence-electron chi connectivity index (χ1n) is 4.60. The molecule has 0 fully saturated rings. The van der Waals surface area contributed by atoms with Crippen molar-refractivity contribution in [3.63, 3.8) is 0 Å². The number of phenols is 1. The molecular weight excluding hydrogens is 210 g/mol. The summed E-state index contributed by atoms with van der Waals surface area (Å²) in [5.41, 5.74) is 5.73. The summed E-state index contributed by atoms with van der Waals surface area (Å²) in [6, 6.07) is 5.31. The number of nitrogens with one attached hydrogen (secondary N) is 2. The van der Waals surface area contributed by atoms with Crippen molar-refractivity contribution >= 4 is 11.9 Å². The zero-order valence-electron chi connectivity index (χ0n) is 8.47. The van der Waals surface area contributed by atoms with Crippen LogP contribution in [0.15, 0.2) is 24.3 Å². The third-order valence-electron chi connectivity index (χ3n) is 1.98. The average Bonchev–Trinajstić information content (AvgIpc) is 2.15. The number of hydrogen-bond acceptors (Lipinski definition) is 3. The number of phenolic OH excluding ortho intramolecular Hbond substituents is 1. The number of benzene rings is 1. The maximum atomic E-state index is 10.8. The minimum Gasteiger partial charge on any atom is -0.508 e. The molecule has 0 amide bonds. The van der Waals surface area contributed by atoms with Gasteiger partial charge >= 0.3 is 5.97 Å². The summed E-state index contributed by atoms with van der Waals surface area (Å²) in [5, 5.41) is 27.4. The summed E-state index contributed by atoms with van der Waals surface area (Å²) in [7, 11) is 0. The third-order valence-corrected chi connectivity index (χ3v) is 1.98. The van der Waals surface area contributed by atoms with E-state index < -0.39 is 18.0 Å². The molecule has 1 aromatic rings. The molecule has 6 nitrogen and oxygen atoms in total. The molecule has 1 aromatic carbocycles. The average molecular weight is 223 g/mol. The number of aromatic hydroxyl groups is 1. The molecule has 0 saturated heterocycles. The van der Waals surface area contributed by atoms with E-state index in [0.717, 1.165) is 0 Å². The lowest BCUT2D eigenvalue weighted by atomic mass is 10.1. The van der Waals surface area contributed by atoms with E-state index >= 15 is 0 Å². The standard InChI is InChI=1S/C10H13N3O3/c11-10(12)13-8(9(15)16)5-6-2-1-3-7(14)4-6/h1-4,8,14H,5H2,(H,15,16)(H4,11,12,13)/t8-/m0/s1. The molecule has 0 saturated carbocycles. The van der Waals surface area contributed by atoms with Crippen LogP contribution in [0.3, 0.4) is 0 Å². The Balaban J connectivity index is 2.75. The van der Waals surface area contributed by atoms with Crippen LogP contribution in [0.2, 0.25) is 0 Å². The molecule has 1 atom stereocenters. The molecule has 86 valence electrons. The van der Waals surface area contributed by atoms with Crippen LogP contribution < -0.4 is 11.1 Å². The lowest BCUT2D eigenvalue weighted by Gasteiger charge is -2.14. The molecule has 0 unspecified atom stereocenters. The Morgan fingerprint density at radius 2 is 2.25 bits per heavy atom. The van der Waals surface area contributed by atoms with Crippen molar-refractivity contribution in [2.45, 2.75) is 12.5 Å². The molecular formula is C10H13N3O3. The molecule has 0 aliphatic carbocycles. The Morgan fingerprint density at radius 1 is 1.56 bits per heavy atom. The van der Waals surface area contributed by atoms with Crippen LogP contribution in [-0.2, 0) is 11.2 Å². The van der Waals surface area contributed by atoms with Gasteiger partial charge in [-0.1, -0.05) is 12.1 Å². The van der Waals surface area contributed by atoms with Gasteiger partial charge < -0.3 is 21.3 Å². The summed E-state index contributed by atoms with van der Waals surface area (Å²) in [4.78, 5) is 10.8. The minimum atomic E-state index is -1.10. The van der Waals surface area contributed by atoms with Gasteiger partial charge in [-0.2, -0.15) is 0 Å². The summed E-state index contributed by atoms with van der Waals surface area (Å²) in [6.07, 6.45) is 0.142. The van der Waals surface area contributed by atoms with E-state index in [9.17, 15) is 9.90 Å². The second kappa shape index (κ2) is 5.01. The number of carbonyl (C=O) groups is 1. The second-order valence-corrected chi connectivity index (χ2v) is 3.32. The Hall–Kier alpha value is -2.24. The Labute approximate surface area is 92.2 Å². The first-order chi connectivity index (χ1) is 7.49. The first-order valence-corrected chi connectivity index (χ1v) is 4.60. The lowest BCUT2D eigenvalue weighted by molar-refractivity contribution is -0.139. The molecule has 0 aliphatic rings. The van der Waals surface area contributed by atoms with E-state index in [1.165, 1.54) is 12.1 Å². The summed E-state index contributed by atoms with van der Waals surface area (Å²) in [6.45, 7) is 0. The molecule has 0 bridgehead atoms. The summed E-state index contributed by atoms with van der Waals surface area (Å²) < 4.78 is 0. The van der Waals surface area contributed by atoms with Crippen LogP contribution in [0.4, 0.5) is 0 Å². The van der Waals surface area contributed by atoms with E-state index in [1.807, 2.05) is 0 Å². The molecule has 0 radical (unpaired) electrons. The van der Waals surface area contributed by atoms with Crippen molar-refractivity contribution in [1.82, 2.24) is 5.32 Å². The van der Waals surface area contributed by atoms with Crippen molar-refractivity contribution in [3.8, 4) is 5.75 Å². The maximum Gasteiger partial charge on any atom is 0.326 e. The topological polar surface area (TPSA) is 119 Å². The molecule has 6 N–H and O–H groups in total. The van der Waals surface area contributed by atoms with E-state index in [1.54, 1.807) is 12.1 Å². The van der Waals surface area contributed by atoms with Crippen LogP contribution in [0.5, 0.6) is 5.75 Å². The molecule has 0 spiro atoms. The van der Waals surface area contributed by atoms with Gasteiger partial charge in [-0.25, -0.2) is 4.79 Å². The van der Waals surface area contributed by atoms with Crippen LogP contribution in [0, 0.1) is 5.41 Å². The number of hydrogen-bond donors (Lipinski definition) is 5. The van der Waals surface area contributed by atoms with E-state index in [2.05, 4.69) is 5.32 Å². The predicted molar refractivity (Wildman–Crippen MR) is 58.3 cm³/mol. The van der Waals surface area contributed by atoms with Crippen molar-refractivity contribution in [1.29, 1.82) is 5.41 Å². The SMILES string of the molecule is N=C(N)N[C@@H](Cc1cccc(O)c1)C(=O)O. The van der Waals surface area contributed by atoms with Crippen molar-refractivity contribution in [2.75, 3.05) is 0 Å². The Bertz CT molecular complexity index is 406. The van der Waals surface area contributed by atoms with Gasteiger partial charge in [0.1, 0.15) is 11.8 Å². The highest BCUT2D eigenvalue weighted by Crippen LogP contribution is 2.12. The fourth-order valence-corrected chi connectivity index (χ4v) is 1.31. The number of aliphatic carboxylic acids is 1. The third kappa shape index (κ3) is 3.49. The number of carboxylic acid groups (broad SMARTS) is 1. The van der Waals surface area contributed by atoms with Crippen LogP contribution in [0.1, 0.15) is 5.56 Å². The minimum absolute atomic E-state index is 0.0736. The molecule has 0 aliphatic heterocycles. The number of guanidine groups is 1. The Kier molecular flexibility index (Phi) is 3.71. The van der Waals surface area contributed by atoms with Crippen molar-refractivity contribution in [2.24, 2.45) is 5.73 Å². The predicted octanol–water partition coefficient (Wildman–Crippen LogP) is -0.129. The number of carboxylic acids is 1. The van der Waals surface area contributed by atoms with Crippen LogP contribution >= 0.6 is 0 Å². The zero-order valence-corrected chi connectivity index (χ0v) is 8.47. The fraction of sp³-hybridized carbons (Fsp3) is 0.200. The monoisotopic (exact) mass is 223 g/mol. The Morgan fingerprint density at radius 3 is 2.75 bits per heavy atom.